The third kappa shape index (κ3) is 4.87. The number of anilines is 1. The molecule has 5 rings (SSSR count). The van der Waals surface area contributed by atoms with Crippen LogP contribution in [0.1, 0.15) is 61.5 Å². The molecule has 0 saturated heterocycles. The van der Waals surface area contributed by atoms with E-state index in [9.17, 15) is 18.5 Å². The molecular weight excluding hydrogens is 500 g/mol. The number of rotatable bonds is 9. The van der Waals surface area contributed by atoms with Crippen LogP contribution in [0, 0.1) is 11.3 Å². The van der Waals surface area contributed by atoms with E-state index in [0.29, 0.717) is 29.0 Å². The molecular formula is C29H28N4O4S. The zero-order chi connectivity index (χ0) is 26.9. The van der Waals surface area contributed by atoms with Crippen molar-refractivity contribution in [2.45, 2.75) is 45.6 Å². The number of sulfonamides is 1. The largest absolute Gasteiger partial charge is 0.438 e. The first-order chi connectivity index (χ1) is 18.3. The van der Waals surface area contributed by atoms with Gasteiger partial charge in [0.15, 0.2) is 5.78 Å². The topological polar surface area (TPSA) is 114 Å². The summed E-state index contributed by atoms with van der Waals surface area (Å²) in [7, 11) is -3.40. The van der Waals surface area contributed by atoms with Gasteiger partial charge >= 0.3 is 0 Å². The molecule has 1 N–H and O–H groups in total. The van der Waals surface area contributed by atoms with E-state index in [1.54, 1.807) is 36.5 Å². The van der Waals surface area contributed by atoms with Crippen molar-refractivity contribution < 1.29 is 17.9 Å². The number of ketones is 1. The lowest BCUT2D eigenvalue weighted by Gasteiger charge is -2.30. The zero-order valence-corrected chi connectivity index (χ0v) is 22.1. The van der Waals surface area contributed by atoms with Crippen LogP contribution in [-0.2, 0) is 10.0 Å². The molecule has 4 aromatic rings. The normalized spacial score (nSPS) is 13.6. The summed E-state index contributed by atoms with van der Waals surface area (Å²) < 4.78 is 35.2. The number of nitrogens with zero attached hydrogens (tertiary/aromatic N) is 3. The molecule has 2 aromatic carbocycles. The number of hydrogen-bond donors (Lipinski definition) is 1. The van der Waals surface area contributed by atoms with Gasteiger partial charge in [-0.15, -0.1) is 0 Å². The predicted octanol–water partition coefficient (Wildman–Crippen LogP) is 6.45. The number of nitrogens with one attached hydrogen (secondary N) is 1. The smallest absolute Gasteiger partial charge is 0.232 e. The second-order valence-electron chi connectivity index (χ2n) is 9.48. The van der Waals surface area contributed by atoms with Crippen LogP contribution in [0.25, 0.3) is 22.2 Å². The number of carbonyl (C=O) groups is 1. The van der Waals surface area contributed by atoms with Gasteiger partial charge in [0.05, 0.1) is 28.1 Å². The van der Waals surface area contributed by atoms with Gasteiger partial charge in [0, 0.05) is 29.4 Å². The minimum Gasteiger partial charge on any atom is -0.438 e. The molecule has 0 amide bonds. The van der Waals surface area contributed by atoms with Crippen molar-refractivity contribution in [3.8, 4) is 29.0 Å². The molecule has 9 heteroatoms. The summed E-state index contributed by atoms with van der Waals surface area (Å²) in [6.45, 7) is 3.29. The summed E-state index contributed by atoms with van der Waals surface area (Å²) in [5.41, 5.74) is 3.94. The van der Waals surface area contributed by atoms with Crippen LogP contribution in [0.2, 0.25) is 0 Å². The van der Waals surface area contributed by atoms with Gasteiger partial charge in [-0.2, -0.15) is 5.26 Å². The Bertz CT molecular complexity index is 1660. The van der Waals surface area contributed by atoms with E-state index in [0.717, 1.165) is 41.4 Å². The molecule has 0 aliphatic heterocycles. The molecule has 2 aromatic heterocycles. The fraction of sp³-hybridized carbons (Fsp3) is 0.276. The average Bonchev–Trinajstić information content (AvgIpc) is 3.16. The fourth-order valence-electron chi connectivity index (χ4n) is 4.82. The predicted molar refractivity (Wildman–Crippen MR) is 147 cm³/mol. The van der Waals surface area contributed by atoms with E-state index in [2.05, 4.69) is 20.3 Å². The van der Waals surface area contributed by atoms with Crippen molar-refractivity contribution >= 4 is 32.4 Å². The zero-order valence-electron chi connectivity index (χ0n) is 21.3. The Morgan fingerprint density at radius 2 is 1.95 bits per heavy atom. The average molecular weight is 529 g/mol. The molecule has 194 valence electrons. The van der Waals surface area contributed by atoms with Crippen molar-refractivity contribution in [2.75, 3.05) is 10.5 Å². The monoisotopic (exact) mass is 528 g/mol. The summed E-state index contributed by atoms with van der Waals surface area (Å²) in [5, 5.41) is 11.0. The Morgan fingerprint density at radius 3 is 2.58 bits per heavy atom. The van der Waals surface area contributed by atoms with Gasteiger partial charge in [-0.1, -0.05) is 19.1 Å². The van der Waals surface area contributed by atoms with Gasteiger partial charge in [-0.25, -0.2) is 13.4 Å². The van der Waals surface area contributed by atoms with Crippen molar-refractivity contribution in [3.63, 3.8) is 0 Å². The van der Waals surface area contributed by atoms with Crippen LogP contribution in [0.5, 0.6) is 11.6 Å². The molecule has 0 unspecified atom stereocenters. The number of fused-ring (bicyclic) bond motifs is 1. The molecule has 0 atom stereocenters. The molecule has 2 heterocycles. The highest BCUT2D eigenvalue weighted by Gasteiger charge is 2.28. The lowest BCUT2D eigenvalue weighted by Crippen LogP contribution is -2.18. The van der Waals surface area contributed by atoms with Crippen molar-refractivity contribution in [2.24, 2.45) is 0 Å². The van der Waals surface area contributed by atoms with Gasteiger partial charge in [0.25, 0.3) is 0 Å². The second kappa shape index (κ2) is 10.3. The highest BCUT2D eigenvalue weighted by molar-refractivity contribution is 7.92. The Hall–Kier alpha value is -4.16. The maximum atomic E-state index is 12.2. The van der Waals surface area contributed by atoms with E-state index in [4.69, 9.17) is 4.74 Å². The number of pyridine rings is 1. The van der Waals surface area contributed by atoms with Gasteiger partial charge in [0.2, 0.25) is 15.9 Å². The number of Topliss-reactive ketones (excluding diaryl/α,β-unsaturated/α-hetero) is 1. The Morgan fingerprint density at radius 1 is 1.18 bits per heavy atom. The van der Waals surface area contributed by atoms with Crippen LogP contribution in [0.3, 0.4) is 0 Å². The third-order valence-corrected chi connectivity index (χ3v) is 8.29. The Labute approximate surface area is 221 Å². The maximum Gasteiger partial charge on any atom is 0.232 e. The quantitative estimate of drug-likeness (QED) is 0.250. The van der Waals surface area contributed by atoms with Crippen molar-refractivity contribution in [1.82, 2.24) is 9.55 Å². The van der Waals surface area contributed by atoms with Crippen molar-refractivity contribution in [1.29, 1.82) is 5.26 Å². The molecule has 1 fully saturated rings. The molecule has 8 nitrogen and oxygen atoms in total. The van der Waals surface area contributed by atoms with Crippen LogP contribution >= 0.6 is 0 Å². The SMILES string of the molecule is CCCS(=O)(=O)Nc1ccc(-c2c(C#N)c3ccc(Oc4ncccc4C(C)=O)cc3n2C2CCC2)cc1. The molecule has 1 aliphatic carbocycles. The number of benzene rings is 2. The number of carbonyl (C=O) groups excluding carboxylic acids is 1. The van der Waals surface area contributed by atoms with Gasteiger partial charge in [-0.3, -0.25) is 9.52 Å². The van der Waals surface area contributed by atoms with Gasteiger partial charge in [0.1, 0.15) is 11.8 Å². The lowest BCUT2D eigenvalue weighted by atomic mass is 9.92. The number of aromatic nitrogens is 2. The minimum atomic E-state index is -3.40. The van der Waals surface area contributed by atoms with Gasteiger partial charge < -0.3 is 9.30 Å². The first-order valence-electron chi connectivity index (χ1n) is 12.6. The molecule has 0 bridgehead atoms. The summed E-state index contributed by atoms with van der Waals surface area (Å²) in [5.74, 6) is 0.679. The summed E-state index contributed by atoms with van der Waals surface area (Å²) in [6.07, 6.45) is 5.21. The number of nitriles is 1. The second-order valence-corrected chi connectivity index (χ2v) is 11.3. The van der Waals surface area contributed by atoms with E-state index >= 15 is 0 Å². The van der Waals surface area contributed by atoms with Gasteiger partial charge in [-0.05, 0) is 74.6 Å². The first-order valence-corrected chi connectivity index (χ1v) is 14.3. The van der Waals surface area contributed by atoms with Crippen LogP contribution in [0.4, 0.5) is 5.69 Å². The summed E-state index contributed by atoms with van der Waals surface area (Å²) in [4.78, 5) is 16.3. The molecule has 1 aliphatic rings. The summed E-state index contributed by atoms with van der Waals surface area (Å²) >= 11 is 0. The van der Waals surface area contributed by atoms with Crippen LogP contribution < -0.4 is 9.46 Å². The Kier molecular flexibility index (Phi) is 6.91. The van der Waals surface area contributed by atoms with Crippen molar-refractivity contribution in [3.05, 3.63) is 71.9 Å². The highest BCUT2D eigenvalue weighted by atomic mass is 32.2. The van der Waals surface area contributed by atoms with Crippen LogP contribution in [0.15, 0.2) is 60.8 Å². The van der Waals surface area contributed by atoms with Crippen LogP contribution in [-0.4, -0.2) is 29.5 Å². The Balaban J connectivity index is 1.59. The summed E-state index contributed by atoms with van der Waals surface area (Å²) in [6, 6.07) is 18.7. The number of ether oxygens (including phenoxy) is 1. The molecule has 0 radical (unpaired) electrons. The third-order valence-electron chi connectivity index (χ3n) is 6.80. The van der Waals surface area contributed by atoms with E-state index in [1.165, 1.54) is 6.92 Å². The van der Waals surface area contributed by atoms with E-state index < -0.39 is 10.0 Å². The number of hydrogen-bond acceptors (Lipinski definition) is 6. The maximum absolute atomic E-state index is 12.2. The van der Waals surface area contributed by atoms with E-state index in [1.807, 2.05) is 31.2 Å². The standard InChI is InChI=1S/C29H28N4O4S/c1-3-16-38(35,36)32-21-11-9-20(10-12-21)28-26(18-30)25-14-13-23(17-27(25)33(28)22-6-4-7-22)37-29-24(19(2)34)8-5-15-31-29/h5,8-15,17,22,32H,3-4,6-7,16H2,1-2H3. The first kappa shape index (κ1) is 25.5. The highest BCUT2D eigenvalue weighted by Crippen LogP contribution is 2.43. The van der Waals surface area contributed by atoms with E-state index in [-0.39, 0.29) is 23.5 Å². The molecule has 38 heavy (non-hydrogen) atoms. The molecule has 0 spiro atoms. The molecule has 1 saturated carbocycles. The fourth-order valence-corrected chi connectivity index (χ4v) is 5.96. The minimum absolute atomic E-state index is 0.0556. The lowest BCUT2D eigenvalue weighted by molar-refractivity contribution is 0.101.